The third kappa shape index (κ3) is 18.4. The van der Waals surface area contributed by atoms with Crippen molar-refractivity contribution < 1.29 is 21.7 Å². The molecule has 0 saturated carbocycles. The van der Waals surface area contributed by atoms with Gasteiger partial charge in [0, 0.05) is 6.20 Å². The maximum Gasteiger partial charge on any atom is 4.00 e. The van der Waals surface area contributed by atoms with E-state index in [2.05, 4.69) is 26.1 Å². The number of hydrogen-bond acceptors (Lipinski definition) is 1. The van der Waals surface area contributed by atoms with Crippen LogP contribution in [0.5, 0.6) is 0 Å². The molecule has 0 aromatic carbocycles. The molecule has 0 spiro atoms. The van der Waals surface area contributed by atoms with Gasteiger partial charge in [-0.2, -0.15) is 6.20 Å². The van der Waals surface area contributed by atoms with E-state index in [0.717, 1.165) is 44.8 Å². The van der Waals surface area contributed by atoms with Gasteiger partial charge in [-0.1, -0.05) is 63.4 Å². The molecule has 0 bridgehead atoms. The fourth-order valence-electron chi connectivity index (χ4n) is 2.49. The van der Waals surface area contributed by atoms with Gasteiger partial charge in [-0.05, 0) is 6.92 Å². The molecule has 25 heavy (non-hydrogen) atoms. The molecule has 3 saturated heterocycles. The number of aryl methyl sites for hydroxylation is 1. The molecule has 6 heteroatoms. The Hall–Kier alpha value is -0.196. The van der Waals surface area contributed by atoms with E-state index >= 15 is 0 Å². The Morgan fingerprint density at radius 2 is 1.00 bits per heavy atom. The first kappa shape index (κ1) is 24.8. The van der Waals surface area contributed by atoms with Crippen molar-refractivity contribution in [2.45, 2.75) is 64.7 Å². The van der Waals surface area contributed by atoms with E-state index in [9.17, 15) is 0 Å². The van der Waals surface area contributed by atoms with Crippen LogP contribution in [0.3, 0.4) is 0 Å². The molecule has 0 amide bonds. The van der Waals surface area contributed by atoms with Crippen LogP contribution in [-0.2, 0) is 21.7 Å². The average molecular weight is 381 g/mol. The summed E-state index contributed by atoms with van der Waals surface area (Å²) in [7, 11) is 0. The predicted octanol–water partition coefficient (Wildman–Crippen LogP) is 4.98. The van der Waals surface area contributed by atoms with Gasteiger partial charge in [0.25, 0.3) is 0 Å². The third-order valence-corrected chi connectivity index (χ3v) is 3.99. The molecule has 0 unspecified atom stereocenters. The summed E-state index contributed by atoms with van der Waals surface area (Å²) >= 11 is 0. The Bertz CT molecular complexity index is 271. The minimum Gasteiger partial charge on any atom is -0.662 e. The second kappa shape index (κ2) is 20.1. The molecule has 140 valence electrons. The summed E-state index contributed by atoms with van der Waals surface area (Å²) in [4.78, 5) is 0. The Morgan fingerprint density at radius 3 is 1.08 bits per heavy atom. The minimum absolute atomic E-state index is 0. The molecule has 0 radical (unpaired) electrons. The van der Waals surface area contributed by atoms with E-state index in [4.69, 9.17) is 0 Å². The van der Waals surface area contributed by atoms with Gasteiger partial charge >= 0.3 is 21.7 Å². The van der Waals surface area contributed by atoms with Crippen LogP contribution in [0, 0.1) is 6.92 Å². The SMILES string of the molecule is C1CC[N-]CC1.C1CC[N-]CC1.C1CC[N-]CC1.Cc1cn[n-]c1.[Ti+4]. The molecule has 0 N–H and O–H groups in total. The van der Waals surface area contributed by atoms with Gasteiger partial charge in [0.15, 0.2) is 0 Å². The molecule has 0 atom stereocenters. The third-order valence-electron chi connectivity index (χ3n) is 3.99. The molecule has 1 aromatic heterocycles. The summed E-state index contributed by atoms with van der Waals surface area (Å²) < 4.78 is 0. The van der Waals surface area contributed by atoms with Crippen LogP contribution in [0.2, 0.25) is 0 Å². The molecule has 1 aromatic rings. The van der Waals surface area contributed by atoms with Gasteiger partial charge in [0.2, 0.25) is 0 Å². The van der Waals surface area contributed by atoms with E-state index < -0.39 is 0 Å². The summed E-state index contributed by atoms with van der Waals surface area (Å²) in [6, 6.07) is 0. The zero-order valence-electron chi connectivity index (χ0n) is 16.0. The second-order valence-corrected chi connectivity index (χ2v) is 6.43. The zero-order chi connectivity index (χ0) is 17.1. The average Bonchev–Trinajstić information content (AvgIpc) is 3.18. The van der Waals surface area contributed by atoms with Crippen LogP contribution < -0.4 is 5.10 Å². The fraction of sp³-hybridized carbons (Fsp3) is 0.842. The molecule has 3 aliphatic heterocycles. The van der Waals surface area contributed by atoms with Gasteiger partial charge in [-0.25, -0.2) is 0 Å². The van der Waals surface area contributed by atoms with Crippen LogP contribution in [-0.4, -0.2) is 44.4 Å². The smallest absolute Gasteiger partial charge is 0.662 e. The number of rotatable bonds is 0. The fourth-order valence-corrected chi connectivity index (χ4v) is 2.49. The normalized spacial score (nSPS) is 19.4. The topological polar surface area (TPSA) is 69.3 Å². The van der Waals surface area contributed by atoms with Crippen molar-refractivity contribution in [2.24, 2.45) is 0 Å². The van der Waals surface area contributed by atoms with E-state index in [0.29, 0.717) is 0 Å². The maximum atomic E-state index is 4.18. The molecule has 3 aliphatic rings. The number of hydrogen-bond donors (Lipinski definition) is 0. The zero-order valence-corrected chi connectivity index (χ0v) is 17.6. The van der Waals surface area contributed by atoms with Crippen molar-refractivity contribution in [3.05, 3.63) is 33.9 Å². The summed E-state index contributed by atoms with van der Waals surface area (Å²) in [5.41, 5.74) is 1.12. The van der Waals surface area contributed by atoms with Gasteiger partial charge in [-0.15, -0.1) is 39.3 Å². The van der Waals surface area contributed by atoms with Gasteiger partial charge in [0.05, 0.1) is 0 Å². The molecular formula is C19H35N5Ti. The second-order valence-electron chi connectivity index (χ2n) is 6.43. The summed E-state index contributed by atoms with van der Waals surface area (Å²) in [6.45, 7) is 8.71. The standard InChI is InChI=1S/3C5H10N.C4H5N2.Ti/c3*1-2-4-6-5-3-1;1-4-2-5-6-3-4;/h3*1-5H2;2-3H,1H3;/q4*-1;+4. The quantitative estimate of drug-likeness (QED) is 0.595. The van der Waals surface area contributed by atoms with E-state index in [1.165, 1.54) is 57.8 Å². The Morgan fingerprint density at radius 1 is 0.640 bits per heavy atom. The van der Waals surface area contributed by atoms with E-state index in [1.54, 1.807) is 12.4 Å². The first-order valence-corrected chi connectivity index (χ1v) is 9.69. The van der Waals surface area contributed by atoms with Crippen molar-refractivity contribution in [1.82, 2.24) is 10.2 Å². The Labute approximate surface area is 169 Å². The van der Waals surface area contributed by atoms with Gasteiger partial charge in [-0.3, -0.25) is 0 Å². The molecule has 4 rings (SSSR count). The van der Waals surface area contributed by atoms with Gasteiger partial charge in [0.1, 0.15) is 0 Å². The van der Waals surface area contributed by atoms with Crippen molar-refractivity contribution >= 4 is 0 Å². The Kier molecular flexibility index (Phi) is 20.0. The van der Waals surface area contributed by atoms with E-state index in [-0.39, 0.29) is 21.7 Å². The summed E-state index contributed by atoms with van der Waals surface area (Å²) in [5.74, 6) is 0. The van der Waals surface area contributed by atoms with Crippen LogP contribution >= 0.6 is 0 Å². The van der Waals surface area contributed by atoms with Crippen LogP contribution in [0.25, 0.3) is 16.0 Å². The first-order chi connectivity index (χ1) is 11.9. The number of aromatic nitrogens is 2. The monoisotopic (exact) mass is 381 g/mol. The minimum atomic E-state index is 0. The van der Waals surface area contributed by atoms with Crippen LogP contribution in [0.1, 0.15) is 63.4 Å². The van der Waals surface area contributed by atoms with Crippen molar-refractivity contribution in [2.75, 3.05) is 39.3 Å². The largest absolute Gasteiger partial charge is 4.00 e. The van der Waals surface area contributed by atoms with Crippen LogP contribution in [0.4, 0.5) is 0 Å². The Balaban J connectivity index is 0.000000303. The van der Waals surface area contributed by atoms with Gasteiger partial charge < -0.3 is 26.1 Å². The maximum absolute atomic E-state index is 4.18. The predicted molar refractivity (Wildman–Crippen MR) is 103 cm³/mol. The molecule has 0 aliphatic carbocycles. The van der Waals surface area contributed by atoms with Crippen molar-refractivity contribution in [1.29, 1.82) is 0 Å². The molecule has 5 nitrogen and oxygen atoms in total. The van der Waals surface area contributed by atoms with Crippen molar-refractivity contribution in [3.8, 4) is 0 Å². The van der Waals surface area contributed by atoms with Crippen LogP contribution in [0.15, 0.2) is 12.4 Å². The molecule has 3 fully saturated rings. The first-order valence-electron chi connectivity index (χ1n) is 9.69. The molecule has 4 heterocycles. The summed E-state index contributed by atoms with van der Waals surface area (Å²) in [6.07, 6.45) is 15.7. The molecular weight excluding hydrogens is 346 g/mol. The van der Waals surface area contributed by atoms with E-state index in [1.807, 2.05) is 6.92 Å². The van der Waals surface area contributed by atoms with Crippen molar-refractivity contribution in [3.63, 3.8) is 0 Å². The summed E-state index contributed by atoms with van der Waals surface area (Å²) in [5, 5.41) is 19.7. The number of piperidine rings is 3. The number of nitrogens with zero attached hydrogens (tertiary/aromatic N) is 5.